The number of nitrogens with two attached hydrogens (primary N) is 1. The van der Waals surface area contributed by atoms with E-state index in [1.165, 1.54) is 12.3 Å². The molecule has 3 unspecified atom stereocenters. The summed E-state index contributed by atoms with van der Waals surface area (Å²) in [5, 5.41) is 30.5. The van der Waals surface area contributed by atoms with Crippen molar-refractivity contribution in [2.45, 2.75) is 26.2 Å². The second kappa shape index (κ2) is 8.95. The molecular weight excluding hydrogens is 337 g/mol. The first kappa shape index (κ1) is 20.1. The van der Waals surface area contributed by atoms with Gasteiger partial charge in [-0.1, -0.05) is 44.2 Å². The Bertz CT molecular complexity index is 758. The number of aromatic nitrogens is 2. The number of aliphatic hydroxyl groups excluding tert-OH is 2. The predicted molar refractivity (Wildman–Crippen MR) is 98.5 cm³/mol. The zero-order chi connectivity index (χ0) is 19.3. The van der Waals surface area contributed by atoms with Crippen LogP contribution in [0.2, 0.25) is 0 Å². The van der Waals surface area contributed by atoms with Crippen LogP contribution >= 0.6 is 0 Å². The third-order valence-corrected chi connectivity index (χ3v) is 4.34. The number of anilines is 1. The minimum absolute atomic E-state index is 0.0575. The molecule has 0 aliphatic carbocycles. The highest BCUT2D eigenvalue weighted by atomic mass is 16.5. The van der Waals surface area contributed by atoms with Gasteiger partial charge in [-0.25, -0.2) is 4.79 Å². The molecule has 8 nitrogen and oxygen atoms in total. The van der Waals surface area contributed by atoms with Gasteiger partial charge >= 0.3 is 12.8 Å². The average Bonchev–Trinajstić information content (AvgIpc) is 2.65. The standard InChI is InChI=1S/C17H24BN3O5/c1-11(10-22)15(26-18(25)13-6-4-3-5-7-13)12(2)16(23)21-9-8-14(19)20-17(21)24/h3-9,11-12,15-16,22-23,25H,10H2,1-2H3,(H2,19,20,24)/t11-,12?,15?,16?/m1/s1. The van der Waals surface area contributed by atoms with E-state index in [0.717, 1.165) is 4.57 Å². The molecule has 0 saturated heterocycles. The molecule has 0 bridgehead atoms. The number of hydrogen-bond donors (Lipinski definition) is 4. The monoisotopic (exact) mass is 361 g/mol. The third kappa shape index (κ3) is 4.70. The summed E-state index contributed by atoms with van der Waals surface area (Å²) >= 11 is 0. The molecule has 1 aromatic heterocycles. The number of aliphatic hydroxyl groups is 2. The van der Waals surface area contributed by atoms with Crippen LogP contribution in [0.4, 0.5) is 5.82 Å². The molecule has 5 N–H and O–H groups in total. The average molecular weight is 361 g/mol. The molecular formula is C17H24BN3O5. The fourth-order valence-corrected chi connectivity index (χ4v) is 2.78. The molecule has 140 valence electrons. The van der Waals surface area contributed by atoms with E-state index in [-0.39, 0.29) is 12.4 Å². The lowest BCUT2D eigenvalue weighted by molar-refractivity contribution is -0.0456. The van der Waals surface area contributed by atoms with E-state index in [9.17, 15) is 20.0 Å². The highest BCUT2D eigenvalue weighted by molar-refractivity contribution is 6.60. The largest absolute Gasteiger partial charge is 0.491 e. The Balaban J connectivity index is 2.23. The van der Waals surface area contributed by atoms with Gasteiger partial charge in [0, 0.05) is 24.6 Å². The fourth-order valence-electron chi connectivity index (χ4n) is 2.78. The molecule has 0 amide bonds. The van der Waals surface area contributed by atoms with Crippen molar-refractivity contribution in [1.82, 2.24) is 9.55 Å². The van der Waals surface area contributed by atoms with Crippen LogP contribution in [0, 0.1) is 11.8 Å². The van der Waals surface area contributed by atoms with E-state index in [0.29, 0.717) is 5.46 Å². The van der Waals surface area contributed by atoms with Crippen LogP contribution in [0.5, 0.6) is 0 Å². The quantitative estimate of drug-likeness (QED) is 0.460. The SMILES string of the molecule is CC(C(OB(O)c1ccccc1)[C@H](C)CO)C(O)n1ccc(N)nc1=O. The van der Waals surface area contributed by atoms with Gasteiger partial charge in [0.15, 0.2) is 0 Å². The summed E-state index contributed by atoms with van der Waals surface area (Å²) < 4.78 is 6.77. The van der Waals surface area contributed by atoms with Crippen LogP contribution in [0.1, 0.15) is 20.1 Å². The minimum atomic E-state index is -1.27. The van der Waals surface area contributed by atoms with E-state index in [4.69, 9.17) is 10.4 Å². The van der Waals surface area contributed by atoms with Crippen molar-refractivity contribution >= 4 is 18.4 Å². The van der Waals surface area contributed by atoms with Crippen LogP contribution in [-0.4, -0.2) is 44.6 Å². The molecule has 0 aliphatic heterocycles. The fraction of sp³-hybridized carbons (Fsp3) is 0.412. The van der Waals surface area contributed by atoms with Gasteiger partial charge < -0.3 is 25.6 Å². The first-order chi connectivity index (χ1) is 12.3. The topological polar surface area (TPSA) is 131 Å². The molecule has 0 radical (unpaired) electrons. The predicted octanol–water partition coefficient (Wildman–Crippen LogP) is -0.646. The molecule has 0 fully saturated rings. The first-order valence-electron chi connectivity index (χ1n) is 8.37. The molecule has 1 heterocycles. The van der Waals surface area contributed by atoms with Crippen molar-refractivity contribution < 1.29 is 19.9 Å². The summed E-state index contributed by atoms with van der Waals surface area (Å²) in [4.78, 5) is 15.6. The maximum atomic E-state index is 12.0. The lowest BCUT2D eigenvalue weighted by Crippen LogP contribution is -2.45. The Morgan fingerprint density at radius 1 is 1.27 bits per heavy atom. The van der Waals surface area contributed by atoms with Crippen molar-refractivity contribution in [1.29, 1.82) is 0 Å². The number of benzene rings is 1. The maximum absolute atomic E-state index is 12.0. The van der Waals surface area contributed by atoms with Gasteiger partial charge in [-0.3, -0.25) is 4.57 Å². The van der Waals surface area contributed by atoms with Crippen molar-refractivity contribution in [2.24, 2.45) is 11.8 Å². The Labute approximate surface area is 152 Å². The van der Waals surface area contributed by atoms with Gasteiger partial charge in [-0.2, -0.15) is 4.98 Å². The van der Waals surface area contributed by atoms with Gasteiger partial charge in [-0.15, -0.1) is 0 Å². The summed E-state index contributed by atoms with van der Waals surface area (Å²) in [6, 6.07) is 10.2. The molecule has 0 aliphatic rings. The van der Waals surface area contributed by atoms with Crippen molar-refractivity contribution in [2.75, 3.05) is 12.3 Å². The van der Waals surface area contributed by atoms with Gasteiger partial charge in [0.1, 0.15) is 12.0 Å². The van der Waals surface area contributed by atoms with E-state index in [1.807, 2.05) is 6.07 Å². The number of nitrogen functional groups attached to an aromatic ring is 1. The lowest BCUT2D eigenvalue weighted by atomic mass is 9.78. The molecule has 9 heteroatoms. The van der Waals surface area contributed by atoms with Crippen molar-refractivity contribution in [3.05, 3.63) is 53.1 Å². The molecule has 0 spiro atoms. The second-order valence-electron chi connectivity index (χ2n) is 6.34. The normalized spacial score (nSPS) is 15.9. The highest BCUT2D eigenvalue weighted by Crippen LogP contribution is 2.25. The van der Waals surface area contributed by atoms with Crippen molar-refractivity contribution in [3.63, 3.8) is 0 Å². The van der Waals surface area contributed by atoms with Crippen LogP contribution in [0.15, 0.2) is 47.4 Å². The van der Waals surface area contributed by atoms with Crippen LogP contribution in [0.3, 0.4) is 0 Å². The van der Waals surface area contributed by atoms with E-state index < -0.39 is 37.0 Å². The van der Waals surface area contributed by atoms with Crippen LogP contribution in [-0.2, 0) is 4.65 Å². The van der Waals surface area contributed by atoms with E-state index in [2.05, 4.69) is 4.98 Å². The summed E-state index contributed by atoms with van der Waals surface area (Å²) in [6.07, 6.45) is -0.646. The molecule has 26 heavy (non-hydrogen) atoms. The van der Waals surface area contributed by atoms with E-state index in [1.54, 1.807) is 38.1 Å². The Hall–Kier alpha value is -2.20. The number of rotatable bonds is 8. The smallest absolute Gasteiger partial charge is 0.423 e. The van der Waals surface area contributed by atoms with Gasteiger partial charge in [0.05, 0.1) is 6.10 Å². The first-order valence-corrected chi connectivity index (χ1v) is 8.37. The Morgan fingerprint density at radius 2 is 1.92 bits per heavy atom. The zero-order valence-electron chi connectivity index (χ0n) is 14.8. The summed E-state index contributed by atoms with van der Waals surface area (Å²) in [6.45, 7) is 3.19. The molecule has 1 aromatic carbocycles. The Morgan fingerprint density at radius 3 is 2.50 bits per heavy atom. The third-order valence-electron chi connectivity index (χ3n) is 4.34. The van der Waals surface area contributed by atoms with Crippen molar-refractivity contribution in [3.8, 4) is 0 Å². The number of nitrogens with zero attached hydrogens (tertiary/aromatic N) is 2. The zero-order valence-corrected chi connectivity index (χ0v) is 14.8. The summed E-state index contributed by atoms with van der Waals surface area (Å²) in [5.74, 6) is -0.962. The van der Waals surface area contributed by atoms with Gasteiger partial charge in [0.2, 0.25) is 0 Å². The molecule has 2 rings (SSSR count). The summed E-state index contributed by atoms with van der Waals surface area (Å²) in [7, 11) is -1.23. The van der Waals surface area contributed by atoms with Crippen LogP contribution in [0.25, 0.3) is 0 Å². The Kier molecular flexibility index (Phi) is 6.93. The second-order valence-corrected chi connectivity index (χ2v) is 6.34. The molecule has 4 atom stereocenters. The number of hydrogen-bond acceptors (Lipinski definition) is 7. The van der Waals surface area contributed by atoms with Gasteiger partial charge in [-0.05, 0) is 11.5 Å². The van der Waals surface area contributed by atoms with Gasteiger partial charge in [0.25, 0.3) is 0 Å². The van der Waals surface area contributed by atoms with Crippen LogP contribution < -0.4 is 16.9 Å². The summed E-state index contributed by atoms with van der Waals surface area (Å²) in [5.41, 5.74) is 5.33. The molecule has 0 saturated carbocycles. The maximum Gasteiger partial charge on any atom is 0.491 e. The minimum Gasteiger partial charge on any atom is -0.423 e. The lowest BCUT2D eigenvalue weighted by Gasteiger charge is -2.33. The molecule has 2 aromatic rings. The highest BCUT2D eigenvalue weighted by Gasteiger charge is 2.34. The van der Waals surface area contributed by atoms with E-state index >= 15 is 0 Å².